The van der Waals surface area contributed by atoms with Crippen molar-refractivity contribution in [2.75, 3.05) is 19.6 Å². The van der Waals surface area contributed by atoms with Crippen LogP contribution in [0.3, 0.4) is 0 Å². The van der Waals surface area contributed by atoms with E-state index in [4.69, 9.17) is 4.42 Å². The maximum atomic E-state index is 12.7. The summed E-state index contributed by atoms with van der Waals surface area (Å²) in [5, 5.41) is 8.67. The van der Waals surface area contributed by atoms with E-state index in [1.807, 2.05) is 38.1 Å². The molecular weight excluding hydrogens is 380 g/mol. The molecule has 2 aromatic rings. The molecule has 7 heteroatoms. The number of carbonyl (C=O) groups is 2. The van der Waals surface area contributed by atoms with Gasteiger partial charge in [0.1, 0.15) is 0 Å². The van der Waals surface area contributed by atoms with Gasteiger partial charge in [-0.1, -0.05) is 12.1 Å². The van der Waals surface area contributed by atoms with Crippen LogP contribution in [0, 0.1) is 0 Å². The van der Waals surface area contributed by atoms with Crippen LogP contribution < -0.4 is 20.9 Å². The van der Waals surface area contributed by atoms with Crippen LogP contribution in [-0.2, 0) is 6.54 Å². The average Bonchev–Trinajstić information content (AvgIpc) is 3.27. The minimum Gasteiger partial charge on any atom is -0.463 e. The zero-order valence-corrected chi connectivity index (χ0v) is 17.9. The Labute approximate surface area is 178 Å². The molecule has 1 aromatic carbocycles. The summed E-state index contributed by atoms with van der Waals surface area (Å²) in [5.74, 6) is 0.827. The number of rotatable bonds is 8. The molecule has 0 unspecified atom stereocenters. The molecule has 1 aliphatic heterocycles. The lowest BCUT2D eigenvalue weighted by molar-refractivity contribution is -0.936. The Kier molecular flexibility index (Phi) is 7.90. The highest BCUT2D eigenvalue weighted by Crippen LogP contribution is 2.12. The van der Waals surface area contributed by atoms with Gasteiger partial charge in [0.15, 0.2) is 11.8 Å². The molecule has 1 atom stereocenters. The molecular formula is C23H33N4O3+. The van der Waals surface area contributed by atoms with Gasteiger partial charge in [0.2, 0.25) is 0 Å². The van der Waals surface area contributed by atoms with Crippen LogP contribution in [0.25, 0.3) is 0 Å². The van der Waals surface area contributed by atoms with Gasteiger partial charge < -0.3 is 25.3 Å². The molecule has 7 nitrogen and oxygen atoms in total. The van der Waals surface area contributed by atoms with Crippen LogP contribution in [0.2, 0.25) is 0 Å². The third kappa shape index (κ3) is 6.35. The molecule has 1 fully saturated rings. The van der Waals surface area contributed by atoms with E-state index in [2.05, 4.69) is 16.0 Å². The first-order valence-electron chi connectivity index (χ1n) is 10.8. The zero-order valence-electron chi connectivity index (χ0n) is 17.9. The summed E-state index contributed by atoms with van der Waals surface area (Å²) >= 11 is 0. The van der Waals surface area contributed by atoms with E-state index < -0.39 is 0 Å². The Balaban J connectivity index is 1.53. The zero-order chi connectivity index (χ0) is 21.3. The van der Waals surface area contributed by atoms with Crippen LogP contribution in [0.4, 0.5) is 4.79 Å². The molecule has 1 saturated heterocycles. The van der Waals surface area contributed by atoms with Crippen molar-refractivity contribution in [2.45, 2.75) is 51.7 Å². The molecule has 0 spiro atoms. The largest absolute Gasteiger partial charge is 0.463 e. The van der Waals surface area contributed by atoms with E-state index in [1.165, 1.54) is 24.2 Å². The summed E-state index contributed by atoms with van der Waals surface area (Å²) in [7, 11) is 0. The second-order valence-corrected chi connectivity index (χ2v) is 8.18. The lowest BCUT2D eigenvalue weighted by Gasteiger charge is -2.30. The van der Waals surface area contributed by atoms with E-state index in [1.54, 1.807) is 18.4 Å². The number of carbonyl (C=O) groups excluding carboxylic acids is 2. The molecule has 0 aliphatic carbocycles. The smallest absolute Gasteiger partial charge is 0.315 e. The summed E-state index contributed by atoms with van der Waals surface area (Å²) in [4.78, 5) is 25.8. The van der Waals surface area contributed by atoms with Crippen molar-refractivity contribution < 1.29 is 18.9 Å². The first-order chi connectivity index (χ1) is 14.5. The van der Waals surface area contributed by atoms with Gasteiger partial charge in [-0.05, 0) is 62.9 Å². The third-order valence-corrected chi connectivity index (χ3v) is 5.43. The molecule has 0 saturated carbocycles. The molecule has 4 N–H and O–H groups in total. The van der Waals surface area contributed by atoms with Crippen molar-refractivity contribution in [1.82, 2.24) is 16.0 Å². The summed E-state index contributed by atoms with van der Waals surface area (Å²) in [6.45, 7) is 6.99. The Bertz CT molecular complexity index is 796. The van der Waals surface area contributed by atoms with Gasteiger partial charge in [0.05, 0.1) is 25.9 Å². The molecule has 0 bridgehead atoms. The predicted octanol–water partition coefficient (Wildman–Crippen LogP) is 2.03. The van der Waals surface area contributed by atoms with E-state index >= 15 is 0 Å². The second kappa shape index (κ2) is 10.8. The van der Waals surface area contributed by atoms with Crippen molar-refractivity contribution in [1.29, 1.82) is 0 Å². The Hall–Kier alpha value is -2.80. The van der Waals surface area contributed by atoms with Crippen molar-refractivity contribution in [3.63, 3.8) is 0 Å². The van der Waals surface area contributed by atoms with Crippen molar-refractivity contribution in [3.8, 4) is 0 Å². The maximum Gasteiger partial charge on any atom is 0.315 e. The van der Waals surface area contributed by atoms with Gasteiger partial charge in [-0.2, -0.15) is 0 Å². The normalized spacial score (nSPS) is 15.6. The van der Waals surface area contributed by atoms with Gasteiger partial charge in [0.25, 0.3) is 5.91 Å². The number of nitrogens with one attached hydrogen (secondary N) is 4. The Morgan fingerprint density at radius 3 is 2.40 bits per heavy atom. The number of urea groups is 1. The maximum absolute atomic E-state index is 12.7. The molecule has 30 heavy (non-hydrogen) atoms. The minimum atomic E-state index is -0.198. The summed E-state index contributed by atoms with van der Waals surface area (Å²) in [6.07, 6.45) is 5.40. The first kappa shape index (κ1) is 21.9. The van der Waals surface area contributed by atoms with Gasteiger partial charge in [0, 0.05) is 18.2 Å². The number of furan rings is 1. The van der Waals surface area contributed by atoms with Crippen LogP contribution in [0.1, 0.15) is 60.8 Å². The van der Waals surface area contributed by atoms with Crippen LogP contribution >= 0.6 is 0 Å². The summed E-state index contributed by atoms with van der Waals surface area (Å²) < 4.78 is 5.66. The second-order valence-electron chi connectivity index (χ2n) is 8.18. The monoisotopic (exact) mass is 413 g/mol. The van der Waals surface area contributed by atoms with E-state index in [9.17, 15) is 9.59 Å². The quantitative estimate of drug-likeness (QED) is 0.534. The standard InChI is InChI=1S/C23H32N4O3/c1-17(2)26-23(29)25-15-18-8-10-19(11-9-18)22(28)24-16-20(21-7-6-14-30-21)27-12-4-3-5-13-27/h6-11,14,17,20H,3-5,12-13,15-16H2,1-2H3,(H,24,28)(H2,25,26,29)/p+1/t20-/m1/s1. The van der Waals surface area contributed by atoms with E-state index in [0.29, 0.717) is 18.7 Å². The van der Waals surface area contributed by atoms with Gasteiger partial charge >= 0.3 is 6.03 Å². The van der Waals surface area contributed by atoms with Gasteiger partial charge in [-0.15, -0.1) is 0 Å². The topological polar surface area (TPSA) is 87.8 Å². The molecule has 3 rings (SSSR count). The minimum absolute atomic E-state index is 0.0906. The van der Waals surface area contributed by atoms with Crippen LogP contribution in [0.15, 0.2) is 47.1 Å². The average molecular weight is 414 g/mol. The molecule has 162 valence electrons. The lowest BCUT2D eigenvalue weighted by Crippen LogP contribution is -3.13. The molecule has 1 aromatic heterocycles. The molecule has 0 radical (unpaired) electrons. The first-order valence-corrected chi connectivity index (χ1v) is 10.8. The SMILES string of the molecule is CC(C)NC(=O)NCc1ccc(C(=O)NC[C@H](c2ccco2)[NH+]2CCCCC2)cc1. The van der Waals surface area contributed by atoms with Crippen molar-refractivity contribution >= 4 is 11.9 Å². The fourth-order valence-electron chi connectivity index (χ4n) is 3.86. The number of quaternary nitrogens is 1. The summed E-state index contributed by atoms with van der Waals surface area (Å²) in [5.41, 5.74) is 1.55. The number of hydrogen-bond acceptors (Lipinski definition) is 3. The number of likely N-dealkylation sites (tertiary alicyclic amines) is 1. The number of amides is 3. The fourth-order valence-corrected chi connectivity index (χ4v) is 3.86. The predicted molar refractivity (Wildman–Crippen MR) is 115 cm³/mol. The van der Waals surface area contributed by atoms with E-state index in [-0.39, 0.29) is 24.0 Å². The van der Waals surface area contributed by atoms with Crippen molar-refractivity contribution in [2.24, 2.45) is 0 Å². The number of hydrogen-bond donors (Lipinski definition) is 4. The molecule has 1 aliphatic rings. The third-order valence-electron chi connectivity index (χ3n) is 5.43. The highest BCUT2D eigenvalue weighted by Gasteiger charge is 2.28. The highest BCUT2D eigenvalue weighted by atomic mass is 16.3. The van der Waals surface area contributed by atoms with Crippen LogP contribution in [0.5, 0.6) is 0 Å². The molecule has 2 heterocycles. The van der Waals surface area contributed by atoms with E-state index in [0.717, 1.165) is 24.4 Å². The number of benzene rings is 1. The number of piperidine rings is 1. The molecule has 3 amide bonds. The van der Waals surface area contributed by atoms with Gasteiger partial charge in [-0.3, -0.25) is 4.79 Å². The summed E-state index contributed by atoms with van der Waals surface area (Å²) in [6, 6.07) is 11.2. The van der Waals surface area contributed by atoms with Gasteiger partial charge in [-0.25, -0.2) is 4.79 Å². The van der Waals surface area contributed by atoms with Crippen LogP contribution in [-0.4, -0.2) is 37.6 Å². The highest BCUT2D eigenvalue weighted by molar-refractivity contribution is 5.94. The Morgan fingerprint density at radius 2 is 1.77 bits per heavy atom. The lowest BCUT2D eigenvalue weighted by atomic mass is 10.1. The fraction of sp³-hybridized carbons (Fsp3) is 0.478. The Morgan fingerprint density at radius 1 is 1.03 bits per heavy atom. The van der Waals surface area contributed by atoms with Crippen molar-refractivity contribution in [3.05, 3.63) is 59.5 Å².